The van der Waals surface area contributed by atoms with Gasteiger partial charge < -0.3 is 14.4 Å². The number of halogens is 2. The summed E-state index contributed by atoms with van der Waals surface area (Å²) in [6.45, 7) is 8.56. The molecule has 4 bridgehead atoms. The van der Waals surface area contributed by atoms with Gasteiger partial charge in [-0.1, -0.05) is 103 Å². The van der Waals surface area contributed by atoms with Gasteiger partial charge in [0, 0.05) is 0 Å². The third-order valence-electron chi connectivity index (χ3n) is 14.7. The molecule has 4 aliphatic carbocycles. The fourth-order valence-corrected chi connectivity index (χ4v) is 12.0. The zero-order valence-electron chi connectivity index (χ0n) is 36.7. The summed E-state index contributed by atoms with van der Waals surface area (Å²) < 4.78 is 0. The maximum absolute atomic E-state index is 3.49. The van der Waals surface area contributed by atoms with E-state index in [0.717, 1.165) is 18.3 Å². The van der Waals surface area contributed by atoms with Crippen molar-refractivity contribution in [2.24, 2.45) is 22.7 Å². The van der Waals surface area contributed by atoms with Gasteiger partial charge >= 0.3 is 30.2 Å². The quantitative estimate of drug-likeness (QED) is 0.115. The van der Waals surface area contributed by atoms with Gasteiger partial charge in [0.1, 0.15) is 0 Å². The Hall–Kier alpha value is -3.26. The normalized spacial score (nSPS) is 21.4. The number of rotatable bonds is 6. The summed E-state index contributed by atoms with van der Waals surface area (Å²) in [6.07, 6.45) is 18.2. The van der Waals surface area contributed by atoms with E-state index < -0.39 is 0 Å². The van der Waals surface area contributed by atoms with Crippen LogP contribution in [-0.4, -0.2) is 6.88 Å². The first-order valence-electron chi connectivity index (χ1n) is 22.4. The van der Waals surface area contributed by atoms with Crippen LogP contribution in [0.15, 0.2) is 146 Å². The molecule has 320 valence electrons. The first-order chi connectivity index (χ1) is 29.0. The summed E-state index contributed by atoms with van der Waals surface area (Å²) in [5.74, 6) is 2.06. The Labute approximate surface area is 401 Å². The molecule has 8 aromatic rings. The number of benzene rings is 6. The molecule has 0 nitrogen and oxygen atoms in total. The molecule has 0 saturated heterocycles. The third-order valence-corrected chi connectivity index (χ3v) is 14.7. The van der Waals surface area contributed by atoms with Crippen LogP contribution in [-0.2, 0) is 36.2 Å². The van der Waals surface area contributed by atoms with Gasteiger partial charge in [-0.2, -0.15) is 18.6 Å². The second-order valence-electron chi connectivity index (χ2n) is 18.6. The van der Waals surface area contributed by atoms with Gasteiger partial charge in [-0.3, -0.25) is 0 Å². The molecule has 0 N–H and O–H groups in total. The molecular formula is C58H62Cl2SiZr-4. The SMILES string of the molecule is Cl.Cl.[CH2-]CC.[CH3-].[Si]=[Zr].c1ccc2cc(-c3cccc4[cH-]c(CC56CCC(CC5)C6)cc34)ccc2c1.c1ccc2cc(-c3cccc4[cH-]c(CC56CCC(CC5)C6)cc34)ccc2c1. The first-order valence-corrected chi connectivity index (χ1v) is 26.6. The van der Waals surface area contributed by atoms with E-state index in [1.807, 2.05) is 6.92 Å². The fourth-order valence-electron chi connectivity index (χ4n) is 12.0. The van der Waals surface area contributed by atoms with E-state index in [1.54, 1.807) is 11.1 Å². The van der Waals surface area contributed by atoms with E-state index in [9.17, 15) is 0 Å². The van der Waals surface area contributed by atoms with Crippen LogP contribution in [0.4, 0.5) is 0 Å². The first kappa shape index (κ1) is 48.2. The molecule has 4 heteroatoms. The topological polar surface area (TPSA) is 0 Å². The molecule has 4 fully saturated rings. The van der Waals surface area contributed by atoms with Crippen LogP contribution in [0, 0.1) is 37.0 Å². The second-order valence-corrected chi connectivity index (χ2v) is 18.6. The average molecular weight is 949 g/mol. The predicted molar refractivity (Wildman–Crippen MR) is 273 cm³/mol. The predicted octanol–water partition coefficient (Wildman–Crippen LogP) is 17.1. The molecule has 0 unspecified atom stereocenters. The Morgan fingerprint density at radius 3 is 1.26 bits per heavy atom. The van der Waals surface area contributed by atoms with Gasteiger partial charge in [0.15, 0.2) is 0 Å². The van der Waals surface area contributed by atoms with Crippen molar-refractivity contribution in [3.8, 4) is 22.3 Å². The molecule has 0 amide bonds. The van der Waals surface area contributed by atoms with Crippen molar-refractivity contribution in [2.45, 2.75) is 90.4 Å². The van der Waals surface area contributed by atoms with E-state index in [-0.39, 0.29) is 32.2 Å². The van der Waals surface area contributed by atoms with Crippen molar-refractivity contribution in [1.29, 1.82) is 0 Å². The molecule has 0 aromatic heterocycles. The van der Waals surface area contributed by atoms with E-state index in [2.05, 4.69) is 159 Å². The molecule has 0 heterocycles. The zero-order chi connectivity index (χ0) is 40.4. The molecule has 4 aliphatic rings. The zero-order valence-corrected chi connectivity index (χ0v) is 41.8. The summed E-state index contributed by atoms with van der Waals surface area (Å²) in [7, 11) is 0. The van der Waals surface area contributed by atoms with Crippen LogP contribution < -0.4 is 0 Å². The maximum atomic E-state index is 3.49. The molecule has 2 radical (unpaired) electrons. The molecule has 8 aromatic carbocycles. The summed E-state index contributed by atoms with van der Waals surface area (Å²) in [4.78, 5) is 0. The van der Waals surface area contributed by atoms with E-state index in [4.69, 9.17) is 0 Å². The van der Waals surface area contributed by atoms with Gasteiger partial charge in [0.05, 0.1) is 0 Å². The molecule has 0 aliphatic heterocycles. The molecule has 62 heavy (non-hydrogen) atoms. The Bertz CT molecular complexity index is 2520. The van der Waals surface area contributed by atoms with Crippen molar-refractivity contribution in [3.63, 3.8) is 0 Å². The largest absolute Gasteiger partial charge is 0.164 e. The molecule has 0 atom stereocenters. The third kappa shape index (κ3) is 10.0. The Morgan fingerprint density at radius 2 is 0.903 bits per heavy atom. The Kier molecular flexibility index (Phi) is 16.4. The monoisotopic (exact) mass is 946 g/mol. The van der Waals surface area contributed by atoms with Gasteiger partial charge in [0.2, 0.25) is 0 Å². The minimum absolute atomic E-state index is 0. The number of hydrogen-bond donors (Lipinski definition) is 0. The van der Waals surface area contributed by atoms with Gasteiger partial charge in [-0.25, -0.2) is 0 Å². The molecule has 0 spiro atoms. The summed E-state index contributed by atoms with van der Waals surface area (Å²) in [6, 6.07) is 54.5. The average Bonchev–Trinajstić information content (AvgIpc) is 4.15. The maximum Gasteiger partial charge on any atom is -0.0178 e. The van der Waals surface area contributed by atoms with Crippen LogP contribution in [0.5, 0.6) is 0 Å². The fraction of sp³-hybridized carbons (Fsp3) is 0.310. The number of fused-ring (bicyclic) bond motifs is 8. The summed E-state index contributed by atoms with van der Waals surface area (Å²) >= 11 is 1.36. The number of hydrogen-bond acceptors (Lipinski definition) is 0. The Balaban J connectivity index is 0.000000180. The van der Waals surface area contributed by atoms with Crippen molar-refractivity contribution >= 4 is 74.8 Å². The minimum Gasteiger partial charge on any atom is -0.164 e. The van der Waals surface area contributed by atoms with Gasteiger partial charge in [0.25, 0.3) is 0 Å². The van der Waals surface area contributed by atoms with Crippen molar-refractivity contribution in [2.75, 3.05) is 0 Å². The van der Waals surface area contributed by atoms with Crippen molar-refractivity contribution < 1.29 is 23.3 Å². The molecular weight excluding hydrogens is 887 g/mol. The van der Waals surface area contributed by atoms with Crippen LogP contribution in [0.3, 0.4) is 0 Å². The second kappa shape index (κ2) is 21.2. The molecule has 12 rings (SSSR count). The molecule has 4 saturated carbocycles. The van der Waals surface area contributed by atoms with Crippen molar-refractivity contribution in [1.82, 2.24) is 0 Å². The van der Waals surface area contributed by atoms with E-state index in [0.29, 0.717) is 10.8 Å². The van der Waals surface area contributed by atoms with Gasteiger partial charge in [-0.05, 0) is 145 Å². The van der Waals surface area contributed by atoms with Crippen LogP contribution in [0.2, 0.25) is 0 Å². The van der Waals surface area contributed by atoms with E-state index in [1.165, 1.54) is 166 Å². The van der Waals surface area contributed by atoms with Crippen LogP contribution in [0.25, 0.3) is 65.3 Å². The van der Waals surface area contributed by atoms with Crippen LogP contribution >= 0.6 is 24.8 Å². The Morgan fingerprint density at radius 1 is 0.532 bits per heavy atom. The van der Waals surface area contributed by atoms with Crippen LogP contribution in [0.1, 0.15) is 88.7 Å². The van der Waals surface area contributed by atoms with Gasteiger partial charge in [-0.15, -0.1) is 93.9 Å². The smallest absolute Gasteiger partial charge is 0.0178 e. The van der Waals surface area contributed by atoms with E-state index >= 15 is 0 Å². The minimum atomic E-state index is 0. The standard InChI is InChI=1S/2C27H25.C3H7.CH3.2ClH.Si.Zr/c2*1-2-5-22-16-24(9-8-21(22)4-1)25-7-3-6-23-14-20(15-26(23)25)18-27-12-10-19(17-27)11-13-27;1-3-2;;;;;/h2*1-9,14-16,19H,10-13,17-18H2;1,3H2,2H3;1H3;2*1H;;/q4*-1;;;;. The summed E-state index contributed by atoms with van der Waals surface area (Å²) in [5.41, 5.74) is 9.76. The van der Waals surface area contributed by atoms with Crippen molar-refractivity contribution in [3.05, 3.63) is 171 Å². The summed E-state index contributed by atoms with van der Waals surface area (Å²) in [5, 5.41) is 10.9.